The average Bonchev–Trinajstić information content (AvgIpc) is 2.92. The highest BCUT2D eigenvalue weighted by Crippen LogP contribution is 2.12. The zero-order chi connectivity index (χ0) is 14.4. The van der Waals surface area contributed by atoms with Gasteiger partial charge < -0.3 is 9.47 Å². The third-order valence-corrected chi connectivity index (χ3v) is 3.38. The number of halogens is 2. The Bertz CT molecular complexity index is 422. The quantitative estimate of drug-likeness (QED) is 0.719. The predicted molar refractivity (Wildman–Crippen MR) is 72.5 cm³/mol. The molecule has 0 N–H and O–H groups in total. The van der Waals surface area contributed by atoms with Gasteiger partial charge in [-0.2, -0.15) is 0 Å². The molecule has 0 saturated carbocycles. The fraction of sp³-hybridized carbons (Fsp3) is 0.600. The van der Waals surface area contributed by atoms with E-state index in [1.54, 1.807) is 6.07 Å². The Morgan fingerprint density at radius 1 is 1.35 bits per heavy atom. The molecule has 1 aromatic rings. The molecule has 20 heavy (non-hydrogen) atoms. The first-order valence-electron chi connectivity index (χ1n) is 6.97. The largest absolute Gasteiger partial charge is 0.377 e. The second kappa shape index (κ2) is 7.67. The van der Waals surface area contributed by atoms with E-state index in [1.807, 2.05) is 11.9 Å². The summed E-state index contributed by atoms with van der Waals surface area (Å²) in [7, 11) is 1.93. The second-order valence-corrected chi connectivity index (χ2v) is 5.20. The molecule has 0 bridgehead atoms. The molecule has 1 saturated heterocycles. The minimum Gasteiger partial charge on any atom is -0.377 e. The van der Waals surface area contributed by atoms with Crippen molar-refractivity contribution in [2.75, 3.05) is 33.4 Å². The molecule has 0 radical (unpaired) electrons. The van der Waals surface area contributed by atoms with Crippen LogP contribution in [0.4, 0.5) is 8.78 Å². The van der Waals surface area contributed by atoms with Gasteiger partial charge in [0.05, 0.1) is 19.3 Å². The Morgan fingerprint density at radius 3 is 2.90 bits per heavy atom. The summed E-state index contributed by atoms with van der Waals surface area (Å²) in [6, 6.07) is 3.99. The standard InChI is InChI=1S/C15H21F2NO2/c1-18(6-8-19-11-13-3-2-7-20-13)10-12-4-5-14(16)15(17)9-12/h4-5,9,13H,2-3,6-8,10-11H2,1H3/t13-/m0/s1. The maximum Gasteiger partial charge on any atom is 0.159 e. The van der Waals surface area contributed by atoms with Crippen LogP contribution >= 0.6 is 0 Å². The van der Waals surface area contributed by atoms with E-state index in [0.717, 1.165) is 37.6 Å². The van der Waals surface area contributed by atoms with Crippen LogP contribution in [0, 0.1) is 11.6 Å². The second-order valence-electron chi connectivity index (χ2n) is 5.20. The van der Waals surface area contributed by atoms with Crippen molar-refractivity contribution in [3.8, 4) is 0 Å². The number of hydrogen-bond donors (Lipinski definition) is 0. The molecule has 0 aliphatic carbocycles. The van der Waals surface area contributed by atoms with Crippen LogP contribution in [0.15, 0.2) is 18.2 Å². The van der Waals surface area contributed by atoms with Crippen LogP contribution in [0.5, 0.6) is 0 Å². The highest BCUT2D eigenvalue weighted by Gasteiger charge is 2.15. The van der Waals surface area contributed by atoms with Crippen LogP contribution in [0.1, 0.15) is 18.4 Å². The predicted octanol–water partition coefficient (Wildman–Crippen LogP) is 2.59. The number of ether oxygens (including phenoxy) is 2. The lowest BCUT2D eigenvalue weighted by Crippen LogP contribution is -2.24. The lowest BCUT2D eigenvalue weighted by molar-refractivity contribution is 0.0117. The number of hydrogen-bond acceptors (Lipinski definition) is 3. The van der Waals surface area contributed by atoms with Gasteiger partial charge >= 0.3 is 0 Å². The van der Waals surface area contributed by atoms with Crippen molar-refractivity contribution < 1.29 is 18.3 Å². The molecule has 1 heterocycles. The van der Waals surface area contributed by atoms with Gasteiger partial charge in [0.25, 0.3) is 0 Å². The molecule has 2 rings (SSSR count). The summed E-state index contributed by atoms with van der Waals surface area (Å²) in [5.41, 5.74) is 0.755. The molecule has 112 valence electrons. The van der Waals surface area contributed by atoms with Crippen molar-refractivity contribution in [2.24, 2.45) is 0 Å². The summed E-state index contributed by atoms with van der Waals surface area (Å²) in [5, 5.41) is 0. The summed E-state index contributed by atoms with van der Waals surface area (Å²) in [4.78, 5) is 2.02. The summed E-state index contributed by atoms with van der Waals surface area (Å²) < 4.78 is 36.9. The minimum atomic E-state index is -0.809. The van der Waals surface area contributed by atoms with Crippen molar-refractivity contribution in [3.63, 3.8) is 0 Å². The van der Waals surface area contributed by atoms with Gasteiger partial charge in [-0.1, -0.05) is 6.07 Å². The van der Waals surface area contributed by atoms with E-state index < -0.39 is 11.6 Å². The molecule has 1 fully saturated rings. The number of nitrogens with zero attached hydrogens (tertiary/aromatic N) is 1. The third-order valence-electron chi connectivity index (χ3n) is 3.38. The van der Waals surface area contributed by atoms with Gasteiger partial charge in [-0.05, 0) is 37.6 Å². The first-order chi connectivity index (χ1) is 9.65. The number of benzene rings is 1. The Labute approximate surface area is 118 Å². The molecule has 1 aliphatic rings. The van der Waals surface area contributed by atoms with Crippen molar-refractivity contribution in [1.82, 2.24) is 4.90 Å². The zero-order valence-electron chi connectivity index (χ0n) is 11.8. The van der Waals surface area contributed by atoms with Crippen LogP contribution < -0.4 is 0 Å². The molecule has 1 aliphatic heterocycles. The first-order valence-corrected chi connectivity index (χ1v) is 6.97. The summed E-state index contributed by atoms with van der Waals surface area (Å²) in [6.07, 6.45) is 2.43. The Morgan fingerprint density at radius 2 is 2.20 bits per heavy atom. The SMILES string of the molecule is CN(CCOC[C@@H]1CCCO1)Cc1ccc(F)c(F)c1. The molecule has 1 aromatic carbocycles. The zero-order valence-corrected chi connectivity index (χ0v) is 11.8. The van der Waals surface area contributed by atoms with Crippen LogP contribution in [-0.4, -0.2) is 44.4 Å². The summed E-state index contributed by atoms with van der Waals surface area (Å²) in [6.45, 7) is 3.40. The molecular weight excluding hydrogens is 264 g/mol. The van der Waals surface area contributed by atoms with E-state index in [0.29, 0.717) is 19.8 Å². The molecular formula is C15H21F2NO2. The molecule has 0 amide bonds. The molecule has 0 spiro atoms. The third kappa shape index (κ3) is 4.81. The lowest BCUT2D eigenvalue weighted by atomic mass is 10.2. The lowest BCUT2D eigenvalue weighted by Gasteiger charge is -2.17. The van der Waals surface area contributed by atoms with Crippen molar-refractivity contribution in [3.05, 3.63) is 35.4 Å². The topological polar surface area (TPSA) is 21.7 Å². The van der Waals surface area contributed by atoms with Gasteiger partial charge in [0.15, 0.2) is 11.6 Å². The van der Waals surface area contributed by atoms with Gasteiger partial charge in [0.2, 0.25) is 0 Å². The average molecular weight is 285 g/mol. The fourth-order valence-electron chi connectivity index (χ4n) is 2.24. The summed E-state index contributed by atoms with van der Waals surface area (Å²) in [5.74, 6) is -1.61. The Hall–Kier alpha value is -1.04. The van der Waals surface area contributed by atoms with Crippen molar-refractivity contribution in [2.45, 2.75) is 25.5 Å². The molecule has 3 nitrogen and oxygen atoms in total. The highest BCUT2D eigenvalue weighted by molar-refractivity contribution is 5.17. The molecule has 0 unspecified atom stereocenters. The van der Waals surface area contributed by atoms with Gasteiger partial charge in [-0.3, -0.25) is 4.90 Å². The van der Waals surface area contributed by atoms with E-state index in [1.165, 1.54) is 6.07 Å². The number of likely N-dealkylation sites (N-methyl/N-ethyl adjacent to an activating group) is 1. The van der Waals surface area contributed by atoms with Crippen LogP contribution in [-0.2, 0) is 16.0 Å². The molecule has 0 aromatic heterocycles. The van der Waals surface area contributed by atoms with Crippen LogP contribution in [0.25, 0.3) is 0 Å². The van der Waals surface area contributed by atoms with E-state index >= 15 is 0 Å². The van der Waals surface area contributed by atoms with E-state index in [-0.39, 0.29) is 6.10 Å². The van der Waals surface area contributed by atoms with Crippen molar-refractivity contribution >= 4 is 0 Å². The fourth-order valence-corrected chi connectivity index (χ4v) is 2.24. The Kier molecular flexibility index (Phi) is 5.88. The van der Waals surface area contributed by atoms with E-state index in [4.69, 9.17) is 9.47 Å². The monoisotopic (exact) mass is 285 g/mol. The van der Waals surface area contributed by atoms with E-state index in [2.05, 4.69) is 0 Å². The molecule has 5 heteroatoms. The smallest absolute Gasteiger partial charge is 0.159 e. The van der Waals surface area contributed by atoms with Gasteiger partial charge in [-0.15, -0.1) is 0 Å². The maximum absolute atomic E-state index is 13.1. The van der Waals surface area contributed by atoms with Gasteiger partial charge in [-0.25, -0.2) is 8.78 Å². The Balaban J connectivity index is 1.64. The summed E-state index contributed by atoms with van der Waals surface area (Å²) >= 11 is 0. The minimum absolute atomic E-state index is 0.242. The van der Waals surface area contributed by atoms with Crippen LogP contribution in [0.3, 0.4) is 0 Å². The highest BCUT2D eigenvalue weighted by atomic mass is 19.2. The van der Waals surface area contributed by atoms with E-state index in [9.17, 15) is 8.78 Å². The normalized spacial score (nSPS) is 18.9. The van der Waals surface area contributed by atoms with Crippen LogP contribution in [0.2, 0.25) is 0 Å². The number of rotatable bonds is 7. The first kappa shape index (κ1) is 15.4. The molecule has 1 atom stereocenters. The maximum atomic E-state index is 13.1. The van der Waals surface area contributed by atoms with Gasteiger partial charge in [0, 0.05) is 19.7 Å². The van der Waals surface area contributed by atoms with Gasteiger partial charge in [0.1, 0.15) is 0 Å². The van der Waals surface area contributed by atoms with Crippen molar-refractivity contribution in [1.29, 1.82) is 0 Å².